The van der Waals surface area contributed by atoms with Crippen molar-refractivity contribution in [3.05, 3.63) is 29.8 Å². The Labute approximate surface area is 179 Å². The molecule has 0 aromatic heterocycles. The number of nitrogens with zero attached hydrogens (tertiary/aromatic N) is 2. The highest BCUT2D eigenvalue weighted by atomic mass is 32.2. The maximum Gasteiger partial charge on any atom is 0.227 e. The molecule has 2 bridgehead atoms. The van der Waals surface area contributed by atoms with E-state index in [9.17, 15) is 13.2 Å². The lowest BCUT2D eigenvalue weighted by molar-refractivity contribution is -0.139. The van der Waals surface area contributed by atoms with Gasteiger partial charge in [-0.3, -0.25) is 4.79 Å². The third kappa shape index (κ3) is 4.81. The van der Waals surface area contributed by atoms with E-state index >= 15 is 0 Å². The summed E-state index contributed by atoms with van der Waals surface area (Å²) in [6.07, 6.45) is 7.30. The highest BCUT2D eigenvalue weighted by Crippen LogP contribution is 2.38. The lowest BCUT2D eigenvalue weighted by Crippen LogP contribution is -2.50. The van der Waals surface area contributed by atoms with Gasteiger partial charge < -0.3 is 14.4 Å². The first-order chi connectivity index (χ1) is 14.3. The molecule has 3 atom stereocenters. The van der Waals surface area contributed by atoms with Gasteiger partial charge in [-0.15, -0.1) is 0 Å². The van der Waals surface area contributed by atoms with Crippen molar-refractivity contribution in [2.45, 2.75) is 69.2 Å². The summed E-state index contributed by atoms with van der Waals surface area (Å²) < 4.78 is 36.6. The fraction of sp³-hybridized carbons (Fsp3) is 0.682. The van der Waals surface area contributed by atoms with Crippen molar-refractivity contribution in [2.75, 3.05) is 26.5 Å². The number of ether oxygens (including phenoxy) is 2. The van der Waals surface area contributed by atoms with Gasteiger partial charge in [0, 0.05) is 25.2 Å². The number of methoxy groups -OCH3 is 1. The Hall–Kier alpha value is -1.64. The van der Waals surface area contributed by atoms with E-state index < -0.39 is 10.0 Å². The van der Waals surface area contributed by atoms with Gasteiger partial charge in [0.2, 0.25) is 15.9 Å². The van der Waals surface area contributed by atoms with Gasteiger partial charge in [-0.05, 0) is 56.2 Å². The number of piperidine rings is 2. The predicted octanol–water partition coefficient (Wildman–Crippen LogP) is 2.20. The SMILES string of the molecule is COc1cccc(CC(=O)N2[C@@H]3CC[C@H]2CC(OC2CCN(S(C)(=O)=O)CC2)C3)c1. The average Bonchev–Trinajstić information content (AvgIpc) is 2.99. The minimum absolute atomic E-state index is 0.117. The average molecular weight is 437 g/mol. The molecule has 3 heterocycles. The fourth-order valence-electron chi connectivity index (χ4n) is 5.27. The zero-order valence-corrected chi connectivity index (χ0v) is 18.6. The number of fused-ring (bicyclic) bond motifs is 2. The second kappa shape index (κ2) is 8.85. The van der Waals surface area contributed by atoms with Gasteiger partial charge in [-0.2, -0.15) is 0 Å². The Balaban J connectivity index is 1.31. The second-order valence-corrected chi connectivity index (χ2v) is 10.8. The van der Waals surface area contributed by atoms with E-state index in [1.807, 2.05) is 24.3 Å². The summed E-state index contributed by atoms with van der Waals surface area (Å²) in [5.74, 6) is 0.966. The molecule has 3 fully saturated rings. The van der Waals surface area contributed by atoms with Crippen LogP contribution in [0.5, 0.6) is 5.75 Å². The number of hydrogen-bond donors (Lipinski definition) is 0. The molecule has 7 nitrogen and oxygen atoms in total. The van der Waals surface area contributed by atoms with Crippen molar-refractivity contribution in [3.63, 3.8) is 0 Å². The first-order valence-corrected chi connectivity index (χ1v) is 12.7. The molecule has 8 heteroatoms. The predicted molar refractivity (Wildman–Crippen MR) is 114 cm³/mol. The molecule has 0 spiro atoms. The van der Waals surface area contributed by atoms with E-state index in [0.29, 0.717) is 19.5 Å². The van der Waals surface area contributed by atoms with Crippen LogP contribution in [0.15, 0.2) is 24.3 Å². The van der Waals surface area contributed by atoms with Gasteiger partial charge in [0.1, 0.15) is 5.75 Å². The molecular formula is C22H32N2O5S. The maximum absolute atomic E-state index is 13.0. The van der Waals surface area contributed by atoms with Gasteiger partial charge in [-0.25, -0.2) is 12.7 Å². The number of sulfonamides is 1. The largest absolute Gasteiger partial charge is 0.497 e. The van der Waals surface area contributed by atoms with Gasteiger partial charge in [-0.1, -0.05) is 12.1 Å². The van der Waals surface area contributed by atoms with Crippen LogP contribution in [0.4, 0.5) is 0 Å². The second-order valence-electron chi connectivity index (χ2n) is 8.81. The van der Waals surface area contributed by atoms with Crippen molar-refractivity contribution in [2.24, 2.45) is 0 Å². The van der Waals surface area contributed by atoms with Crippen LogP contribution < -0.4 is 4.74 Å². The third-order valence-corrected chi connectivity index (χ3v) is 8.03. The smallest absolute Gasteiger partial charge is 0.227 e. The Morgan fingerprint density at radius 1 is 1.07 bits per heavy atom. The molecule has 1 amide bonds. The van der Waals surface area contributed by atoms with Crippen LogP contribution >= 0.6 is 0 Å². The number of carbonyl (C=O) groups is 1. The van der Waals surface area contributed by atoms with E-state index in [2.05, 4.69) is 4.90 Å². The molecule has 1 unspecified atom stereocenters. The molecule has 0 saturated carbocycles. The molecule has 0 N–H and O–H groups in total. The van der Waals surface area contributed by atoms with E-state index in [4.69, 9.17) is 9.47 Å². The molecular weight excluding hydrogens is 404 g/mol. The van der Waals surface area contributed by atoms with Gasteiger partial charge in [0.25, 0.3) is 0 Å². The number of amides is 1. The van der Waals surface area contributed by atoms with E-state index in [0.717, 1.165) is 49.8 Å². The molecule has 30 heavy (non-hydrogen) atoms. The number of hydrogen-bond acceptors (Lipinski definition) is 5. The zero-order valence-electron chi connectivity index (χ0n) is 17.8. The monoisotopic (exact) mass is 436 g/mol. The van der Waals surface area contributed by atoms with Crippen molar-refractivity contribution < 1.29 is 22.7 Å². The van der Waals surface area contributed by atoms with Crippen LogP contribution in [0.25, 0.3) is 0 Å². The molecule has 166 valence electrons. The van der Waals surface area contributed by atoms with E-state index in [1.54, 1.807) is 7.11 Å². The quantitative estimate of drug-likeness (QED) is 0.683. The molecule has 0 radical (unpaired) electrons. The van der Waals surface area contributed by atoms with E-state index in [1.165, 1.54) is 10.6 Å². The minimum atomic E-state index is -3.11. The molecule has 4 rings (SSSR count). The fourth-order valence-corrected chi connectivity index (χ4v) is 6.14. The summed E-state index contributed by atoms with van der Waals surface area (Å²) >= 11 is 0. The molecule has 0 aliphatic carbocycles. The highest BCUT2D eigenvalue weighted by molar-refractivity contribution is 7.88. The van der Waals surface area contributed by atoms with Crippen LogP contribution in [-0.2, 0) is 26.0 Å². The minimum Gasteiger partial charge on any atom is -0.497 e. The van der Waals surface area contributed by atoms with Gasteiger partial charge >= 0.3 is 0 Å². The summed E-state index contributed by atoms with van der Waals surface area (Å²) in [5, 5.41) is 0. The van der Waals surface area contributed by atoms with Crippen molar-refractivity contribution in [1.29, 1.82) is 0 Å². The van der Waals surface area contributed by atoms with Crippen LogP contribution in [0, 0.1) is 0 Å². The standard InChI is InChI=1S/C22H32N2O5S/c1-28-20-5-3-4-16(12-20)13-22(25)24-17-6-7-18(24)15-21(14-17)29-19-8-10-23(11-9-19)30(2,26)27/h3-5,12,17-19,21H,6-11,13-15H2,1-2H3/t17-,18+,21?. The maximum atomic E-state index is 13.0. The lowest BCUT2D eigenvalue weighted by Gasteiger charge is -2.41. The molecule has 3 aliphatic heterocycles. The Morgan fingerprint density at radius 2 is 1.73 bits per heavy atom. The van der Waals surface area contributed by atoms with Crippen molar-refractivity contribution >= 4 is 15.9 Å². The Kier molecular flexibility index (Phi) is 6.36. The molecule has 3 aliphatic rings. The summed E-state index contributed by atoms with van der Waals surface area (Å²) in [7, 11) is -1.48. The molecule has 3 saturated heterocycles. The van der Waals surface area contributed by atoms with Gasteiger partial charge in [0.05, 0.1) is 32.0 Å². The number of carbonyl (C=O) groups excluding carboxylic acids is 1. The number of benzene rings is 1. The highest BCUT2D eigenvalue weighted by Gasteiger charge is 2.44. The first-order valence-electron chi connectivity index (χ1n) is 10.9. The van der Waals surface area contributed by atoms with Crippen LogP contribution in [0.2, 0.25) is 0 Å². The van der Waals surface area contributed by atoms with E-state index in [-0.39, 0.29) is 30.2 Å². The summed E-state index contributed by atoms with van der Waals surface area (Å²) in [5.41, 5.74) is 0.981. The summed E-state index contributed by atoms with van der Waals surface area (Å²) in [4.78, 5) is 15.1. The Morgan fingerprint density at radius 3 is 2.33 bits per heavy atom. The topological polar surface area (TPSA) is 76.2 Å². The lowest BCUT2D eigenvalue weighted by atomic mass is 9.97. The normalized spacial score (nSPS) is 27.9. The van der Waals surface area contributed by atoms with Crippen LogP contribution in [0.1, 0.15) is 44.1 Å². The van der Waals surface area contributed by atoms with Crippen molar-refractivity contribution in [1.82, 2.24) is 9.21 Å². The Bertz CT molecular complexity index is 852. The number of rotatable bonds is 6. The van der Waals surface area contributed by atoms with Gasteiger partial charge in [0.15, 0.2) is 0 Å². The third-order valence-electron chi connectivity index (χ3n) is 6.72. The first kappa shape index (κ1) is 21.6. The zero-order chi connectivity index (χ0) is 21.3. The summed E-state index contributed by atoms with van der Waals surface area (Å²) in [6, 6.07) is 8.22. The summed E-state index contributed by atoms with van der Waals surface area (Å²) in [6.45, 7) is 1.07. The van der Waals surface area contributed by atoms with Crippen molar-refractivity contribution in [3.8, 4) is 5.75 Å². The molecule has 1 aromatic carbocycles. The van der Waals surface area contributed by atoms with Crippen LogP contribution in [-0.4, -0.2) is 74.3 Å². The van der Waals surface area contributed by atoms with Crippen LogP contribution in [0.3, 0.4) is 0 Å². The molecule has 1 aromatic rings.